The summed E-state index contributed by atoms with van der Waals surface area (Å²) in [6.07, 6.45) is 0. The van der Waals surface area contributed by atoms with Crippen molar-refractivity contribution in [3.05, 3.63) is 23.8 Å². The monoisotopic (exact) mass is 279 g/mol. The summed E-state index contributed by atoms with van der Waals surface area (Å²) in [4.78, 5) is 16.4. The van der Waals surface area contributed by atoms with Crippen LogP contribution in [0, 0.1) is 0 Å². The molecule has 0 aliphatic carbocycles. The molecular weight excluding hydrogens is 258 g/mol. The van der Waals surface area contributed by atoms with E-state index in [4.69, 9.17) is 5.73 Å². The number of rotatable bonds is 2. The minimum Gasteiger partial charge on any atom is -0.397 e. The van der Waals surface area contributed by atoms with Crippen LogP contribution in [0.5, 0.6) is 0 Å². The number of nitrogen functional groups attached to an aromatic ring is 1. The highest BCUT2D eigenvalue weighted by atomic mass is 32.2. The van der Waals surface area contributed by atoms with Gasteiger partial charge in [0, 0.05) is 43.8 Å². The number of anilines is 2. The van der Waals surface area contributed by atoms with E-state index in [2.05, 4.69) is 6.92 Å². The van der Waals surface area contributed by atoms with Crippen molar-refractivity contribution >= 4 is 29.0 Å². The molecule has 1 unspecified atom stereocenters. The molecular formula is C14H21N3OS. The second-order valence-corrected chi connectivity index (χ2v) is 6.24. The van der Waals surface area contributed by atoms with Crippen LogP contribution in [-0.4, -0.2) is 49.0 Å². The number of nitrogens with two attached hydrogens (primary N) is 1. The van der Waals surface area contributed by atoms with Gasteiger partial charge in [-0.25, -0.2) is 0 Å². The zero-order valence-electron chi connectivity index (χ0n) is 11.7. The van der Waals surface area contributed by atoms with Crippen molar-refractivity contribution in [3.8, 4) is 0 Å². The molecule has 104 valence electrons. The molecule has 1 aliphatic rings. The van der Waals surface area contributed by atoms with Crippen LogP contribution in [0.1, 0.15) is 17.3 Å². The minimum atomic E-state index is 0.0878. The number of carbonyl (C=O) groups excluding carboxylic acids is 1. The summed E-state index contributed by atoms with van der Waals surface area (Å²) in [6.45, 7) is 2.92. The van der Waals surface area contributed by atoms with Gasteiger partial charge in [-0.2, -0.15) is 11.8 Å². The van der Waals surface area contributed by atoms with E-state index >= 15 is 0 Å². The van der Waals surface area contributed by atoms with E-state index in [1.807, 2.05) is 47.8 Å². The second-order valence-electron chi connectivity index (χ2n) is 5.09. The van der Waals surface area contributed by atoms with Gasteiger partial charge in [-0.3, -0.25) is 4.79 Å². The van der Waals surface area contributed by atoms with E-state index in [1.165, 1.54) is 0 Å². The molecule has 1 heterocycles. The average Bonchev–Trinajstić information content (AvgIpc) is 2.38. The predicted molar refractivity (Wildman–Crippen MR) is 83.0 cm³/mol. The number of carbonyl (C=O) groups is 1. The highest BCUT2D eigenvalue weighted by molar-refractivity contribution is 7.99. The smallest absolute Gasteiger partial charge is 0.254 e. The number of hydrogen-bond donors (Lipinski definition) is 1. The third-order valence-electron chi connectivity index (χ3n) is 3.38. The van der Waals surface area contributed by atoms with Crippen molar-refractivity contribution in [2.24, 2.45) is 0 Å². The summed E-state index contributed by atoms with van der Waals surface area (Å²) < 4.78 is 0. The molecule has 4 nitrogen and oxygen atoms in total. The summed E-state index contributed by atoms with van der Waals surface area (Å²) in [7, 11) is 3.88. The van der Waals surface area contributed by atoms with Crippen molar-refractivity contribution in [1.82, 2.24) is 4.90 Å². The molecule has 5 heteroatoms. The van der Waals surface area contributed by atoms with Crippen LogP contribution >= 0.6 is 11.8 Å². The standard InChI is InChI=1S/C14H21N3OS/c1-10-9-19-7-6-17(10)14(18)11-4-5-13(16(2)3)12(15)8-11/h4-5,8,10H,6-7,9,15H2,1-3H3. The van der Waals surface area contributed by atoms with Crippen molar-refractivity contribution in [3.63, 3.8) is 0 Å². The van der Waals surface area contributed by atoms with Crippen LogP contribution in [0.4, 0.5) is 11.4 Å². The molecule has 1 saturated heterocycles. The Morgan fingerprint density at radius 1 is 1.47 bits per heavy atom. The van der Waals surface area contributed by atoms with Crippen LogP contribution in [0.15, 0.2) is 18.2 Å². The van der Waals surface area contributed by atoms with Gasteiger partial charge in [-0.15, -0.1) is 0 Å². The van der Waals surface area contributed by atoms with Crippen molar-refractivity contribution < 1.29 is 4.79 Å². The van der Waals surface area contributed by atoms with Crippen LogP contribution in [0.2, 0.25) is 0 Å². The Morgan fingerprint density at radius 3 is 2.79 bits per heavy atom. The van der Waals surface area contributed by atoms with Gasteiger partial charge in [0.15, 0.2) is 0 Å². The molecule has 0 bridgehead atoms. The van der Waals surface area contributed by atoms with E-state index in [-0.39, 0.29) is 5.91 Å². The molecule has 1 amide bonds. The summed E-state index contributed by atoms with van der Waals surface area (Å²) in [5.74, 6) is 2.11. The maximum Gasteiger partial charge on any atom is 0.254 e. The molecule has 1 aromatic rings. The molecule has 2 N–H and O–H groups in total. The average molecular weight is 279 g/mol. The normalized spacial score (nSPS) is 19.3. The first kappa shape index (κ1) is 14.1. The lowest BCUT2D eigenvalue weighted by atomic mass is 10.1. The van der Waals surface area contributed by atoms with Gasteiger partial charge < -0.3 is 15.5 Å². The number of benzene rings is 1. The Balaban J connectivity index is 2.22. The lowest BCUT2D eigenvalue weighted by Gasteiger charge is -2.33. The van der Waals surface area contributed by atoms with Gasteiger partial charge in [0.25, 0.3) is 5.91 Å². The summed E-state index contributed by atoms with van der Waals surface area (Å²) in [5.41, 5.74) is 8.28. The van der Waals surface area contributed by atoms with Crippen LogP contribution in [0.25, 0.3) is 0 Å². The van der Waals surface area contributed by atoms with Crippen molar-refractivity contribution in [2.75, 3.05) is 42.8 Å². The lowest BCUT2D eigenvalue weighted by Crippen LogP contribution is -2.44. The number of amides is 1. The first-order valence-corrected chi connectivity index (χ1v) is 7.61. The fraction of sp³-hybridized carbons (Fsp3) is 0.500. The molecule has 0 aromatic heterocycles. The first-order chi connectivity index (χ1) is 9.00. The second kappa shape index (κ2) is 5.74. The van der Waals surface area contributed by atoms with Crippen molar-refractivity contribution in [1.29, 1.82) is 0 Å². The van der Waals surface area contributed by atoms with Gasteiger partial charge in [-0.1, -0.05) is 0 Å². The fourth-order valence-corrected chi connectivity index (χ4v) is 3.30. The van der Waals surface area contributed by atoms with E-state index < -0.39 is 0 Å². The van der Waals surface area contributed by atoms with Crippen LogP contribution < -0.4 is 10.6 Å². The molecule has 1 aliphatic heterocycles. The number of hydrogen-bond acceptors (Lipinski definition) is 4. The van der Waals surface area contributed by atoms with Crippen molar-refractivity contribution in [2.45, 2.75) is 13.0 Å². The Kier molecular flexibility index (Phi) is 4.24. The van der Waals surface area contributed by atoms with Gasteiger partial charge in [-0.05, 0) is 25.1 Å². The summed E-state index contributed by atoms with van der Waals surface area (Å²) >= 11 is 1.90. The highest BCUT2D eigenvalue weighted by Crippen LogP contribution is 2.24. The quantitative estimate of drug-likeness (QED) is 0.840. The Labute approximate surface area is 118 Å². The molecule has 2 rings (SSSR count). The number of nitrogens with zero attached hydrogens (tertiary/aromatic N) is 2. The van der Waals surface area contributed by atoms with Crippen LogP contribution in [0.3, 0.4) is 0 Å². The van der Waals surface area contributed by atoms with Gasteiger partial charge in [0.1, 0.15) is 0 Å². The van der Waals surface area contributed by atoms with E-state index in [0.717, 1.165) is 23.7 Å². The minimum absolute atomic E-state index is 0.0878. The topological polar surface area (TPSA) is 49.6 Å². The van der Waals surface area contributed by atoms with E-state index in [0.29, 0.717) is 17.3 Å². The van der Waals surface area contributed by atoms with E-state index in [9.17, 15) is 4.79 Å². The lowest BCUT2D eigenvalue weighted by molar-refractivity contribution is 0.0716. The zero-order valence-corrected chi connectivity index (χ0v) is 12.5. The van der Waals surface area contributed by atoms with Gasteiger partial charge in [0.05, 0.1) is 11.4 Å². The summed E-state index contributed by atoms with van der Waals surface area (Å²) in [5, 5.41) is 0. The maximum absolute atomic E-state index is 12.5. The predicted octanol–water partition coefficient (Wildman–Crippen LogP) is 1.91. The largest absolute Gasteiger partial charge is 0.397 e. The first-order valence-electron chi connectivity index (χ1n) is 6.46. The van der Waals surface area contributed by atoms with Crippen LogP contribution in [-0.2, 0) is 0 Å². The Hall–Kier alpha value is -1.36. The molecule has 1 fully saturated rings. The molecule has 0 spiro atoms. The van der Waals surface area contributed by atoms with Gasteiger partial charge in [0.2, 0.25) is 0 Å². The van der Waals surface area contributed by atoms with Gasteiger partial charge >= 0.3 is 0 Å². The third-order valence-corrected chi connectivity index (χ3v) is 4.57. The molecule has 0 radical (unpaired) electrons. The molecule has 1 atom stereocenters. The highest BCUT2D eigenvalue weighted by Gasteiger charge is 2.24. The molecule has 1 aromatic carbocycles. The number of thioether (sulfide) groups is 1. The maximum atomic E-state index is 12.5. The zero-order chi connectivity index (χ0) is 14.0. The molecule has 0 saturated carbocycles. The molecule has 19 heavy (non-hydrogen) atoms. The SMILES string of the molecule is CC1CSCCN1C(=O)c1ccc(N(C)C)c(N)c1. The third kappa shape index (κ3) is 2.97. The summed E-state index contributed by atoms with van der Waals surface area (Å²) in [6, 6.07) is 5.85. The Morgan fingerprint density at radius 2 is 2.21 bits per heavy atom. The Bertz CT molecular complexity index is 476. The van der Waals surface area contributed by atoms with E-state index in [1.54, 1.807) is 6.07 Å². The fourth-order valence-electron chi connectivity index (χ4n) is 2.29.